The Morgan fingerprint density at radius 3 is 2.90 bits per heavy atom. The van der Waals surface area contributed by atoms with E-state index < -0.39 is 0 Å². The van der Waals surface area contributed by atoms with Crippen molar-refractivity contribution in [2.75, 3.05) is 24.3 Å². The molecule has 0 saturated carbocycles. The van der Waals surface area contributed by atoms with Gasteiger partial charge in [-0.2, -0.15) is 0 Å². The molecule has 2 aliphatic rings. The van der Waals surface area contributed by atoms with Crippen LogP contribution in [0, 0.1) is 13.8 Å². The topological polar surface area (TPSA) is 82.5 Å². The van der Waals surface area contributed by atoms with Gasteiger partial charge in [0.1, 0.15) is 5.00 Å². The smallest absolute Gasteiger partial charge is 0.341 e. The maximum Gasteiger partial charge on any atom is 0.341 e. The molecule has 0 unspecified atom stereocenters. The number of aromatic nitrogens is 2. The Kier molecular flexibility index (Phi) is 7.03. The highest BCUT2D eigenvalue weighted by Gasteiger charge is 2.28. The quantitative estimate of drug-likeness (QED) is 0.468. The zero-order valence-electron chi connectivity index (χ0n) is 18.3. The summed E-state index contributed by atoms with van der Waals surface area (Å²) in [4.78, 5) is 31.1. The molecule has 3 heterocycles. The maximum atomic E-state index is 12.8. The van der Waals surface area contributed by atoms with Crippen molar-refractivity contribution >= 4 is 40.0 Å². The molecule has 1 aliphatic heterocycles. The van der Waals surface area contributed by atoms with Gasteiger partial charge in [-0.05, 0) is 58.4 Å². The van der Waals surface area contributed by atoms with E-state index in [9.17, 15) is 9.59 Å². The van der Waals surface area contributed by atoms with E-state index in [0.717, 1.165) is 67.4 Å². The molecule has 2 aromatic heterocycles. The van der Waals surface area contributed by atoms with Crippen molar-refractivity contribution in [1.29, 1.82) is 0 Å². The van der Waals surface area contributed by atoms with Gasteiger partial charge in [-0.15, -0.1) is 11.3 Å². The van der Waals surface area contributed by atoms with E-state index in [-0.39, 0.29) is 23.7 Å². The van der Waals surface area contributed by atoms with Crippen LogP contribution in [0.4, 0.5) is 5.00 Å². The number of thioether (sulfide) groups is 1. The van der Waals surface area contributed by atoms with Crippen LogP contribution in [0.15, 0.2) is 5.16 Å². The first-order valence-corrected chi connectivity index (χ1v) is 12.7. The van der Waals surface area contributed by atoms with E-state index in [4.69, 9.17) is 9.47 Å². The molecule has 0 aromatic carbocycles. The minimum atomic E-state index is -0.344. The molecular formula is C22H29N3O4S2. The number of amides is 1. The molecule has 4 rings (SSSR count). The summed E-state index contributed by atoms with van der Waals surface area (Å²) in [5, 5.41) is 4.41. The molecule has 0 radical (unpaired) electrons. The van der Waals surface area contributed by atoms with Crippen LogP contribution in [-0.2, 0) is 33.7 Å². The van der Waals surface area contributed by atoms with E-state index in [0.29, 0.717) is 17.2 Å². The Morgan fingerprint density at radius 1 is 1.32 bits per heavy atom. The molecule has 1 fully saturated rings. The predicted molar refractivity (Wildman–Crippen MR) is 122 cm³/mol. The number of anilines is 1. The van der Waals surface area contributed by atoms with Gasteiger partial charge >= 0.3 is 5.97 Å². The molecule has 1 aliphatic carbocycles. The van der Waals surface area contributed by atoms with Gasteiger partial charge in [0.15, 0.2) is 5.16 Å². The average Bonchev–Trinajstić information content (AvgIpc) is 3.49. The summed E-state index contributed by atoms with van der Waals surface area (Å²) < 4.78 is 13.2. The van der Waals surface area contributed by atoms with Crippen LogP contribution in [0.2, 0.25) is 0 Å². The van der Waals surface area contributed by atoms with Crippen LogP contribution >= 0.6 is 23.1 Å². The number of nitrogens with one attached hydrogen (secondary N) is 1. The Labute approximate surface area is 190 Å². The number of nitrogens with zero attached hydrogens (tertiary/aromatic N) is 2. The molecule has 0 spiro atoms. The van der Waals surface area contributed by atoms with Gasteiger partial charge in [-0.3, -0.25) is 4.79 Å². The second-order valence-electron chi connectivity index (χ2n) is 7.93. The molecular weight excluding hydrogens is 434 g/mol. The summed E-state index contributed by atoms with van der Waals surface area (Å²) in [6.45, 7) is 7.74. The number of aryl methyl sites for hydroxylation is 2. The third-order valence-corrected chi connectivity index (χ3v) is 8.00. The number of rotatable bonds is 8. The van der Waals surface area contributed by atoms with Crippen molar-refractivity contribution in [3.05, 3.63) is 27.4 Å². The van der Waals surface area contributed by atoms with Gasteiger partial charge in [0.05, 0.1) is 36.3 Å². The lowest BCUT2D eigenvalue weighted by Crippen LogP contribution is -2.19. The van der Waals surface area contributed by atoms with Crippen LogP contribution in [0.1, 0.15) is 58.4 Å². The third-order valence-electron chi connectivity index (χ3n) is 5.82. The lowest BCUT2D eigenvalue weighted by molar-refractivity contribution is -0.113. The third kappa shape index (κ3) is 4.83. The summed E-state index contributed by atoms with van der Waals surface area (Å²) in [5.41, 5.74) is 3.67. The number of esters is 1. The molecule has 7 nitrogen and oxygen atoms in total. The number of thiophene rings is 1. The van der Waals surface area contributed by atoms with Gasteiger partial charge in [0, 0.05) is 17.2 Å². The van der Waals surface area contributed by atoms with E-state index >= 15 is 0 Å². The second kappa shape index (κ2) is 9.75. The number of hydrogen-bond acceptors (Lipinski definition) is 7. The highest BCUT2D eigenvalue weighted by atomic mass is 32.2. The van der Waals surface area contributed by atoms with Crippen LogP contribution in [0.25, 0.3) is 0 Å². The second-order valence-corrected chi connectivity index (χ2v) is 9.98. The minimum Gasteiger partial charge on any atom is -0.462 e. The number of hydrogen-bond donors (Lipinski definition) is 1. The van der Waals surface area contributed by atoms with Crippen molar-refractivity contribution in [1.82, 2.24) is 9.55 Å². The molecule has 1 amide bonds. The molecule has 0 bridgehead atoms. The maximum absolute atomic E-state index is 12.8. The van der Waals surface area contributed by atoms with Gasteiger partial charge in [0.2, 0.25) is 5.91 Å². The molecule has 2 aromatic rings. The van der Waals surface area contributed by atoms with Crippen molar-refractivity contribution in [3.63, 3.8) is 0 Å². The summed E-state index contributed by atoms with van der Waals surface area (Å²) in [6.07, 6.45) is 5.22. The zero-order valence-corrected chi connectivity index (χ0v) is 19.9. The average molecular weight is 464 g/mol. The number of imidazole rings is 1. The fraction of sp³-hybridized carbons (Fsp3) is 0.591. The first-order valence-electron chi connectivity index (χ1n) is 10.9. The molecule has 1 N–H and O–H groups in total. The number of fused-ring (bicyclic) bond motifs is 1. The van der Waals surface area contributed by atoms with Crippen molar-refractivity contribution in [3.8, 4) is 0 Å². The summed E-state index contributed by atoms with van der Waals surface area (Å²) >= 11 is 2.93. The predicted octanol–water partition coefficient (Wildman–Crippen LogP) is 4.14. The van der Waals surface area contributed by atoms with Gasteiger partial charge < -0.3 is 19.4 Å². The highest BCUT2D eigenvalue weighted by molar-refractivity contribution is 7.99. The summed E-state index contributed by atoms with van der Waals surface area (Å²) in [7, 11) is 0. The Balaban J connectivity index is 1.44. The first-order chi connectivity index (χ1) is 15.0. The summed E-state index contributed by atoms with van der Waals surface area (Å²) in [5.74, 6) is -0.257. The normalized spacial score (nSPS) is 17.7. The van der Waals surface area contributed by atoms with E-state index in [1.807, 2.05) is 6.92 Å². The SMILES string of the molecule is CCOC(=O)c1c(NC(=O)CSc2nc(C)c(C)n2C[C@H]2CCCO2)sc2c1CCC2. The minimum absolute atomic E-state index is 0.141. The van der Waals surface area contributed by atoms with E-state index in [2.05, 4.69) is 21.8 Å². The monoisotopic (exact) mass is 463 g/mol. The fourth-order valence-electron chi connectivity index (χ4n) is 4.15. The van der Waals surface area contributed by atoms with Crippen molar-refractivity contribution in [2.45, 2.75) is 70.7 Å². The number of carbonyl (C=O) groups excluding carboxylic acids is 2. The van der Waals surface area contributed by atoms with Gasteiger partial charge in [-0.1, -0.05) is 11.8 Å². The fourth-order valence-corrected chi connectivity index (χ4v) is 6.34. The molecule has 1 atom stereocenters. The van der Waals surface area contributed by atoms with Crippen LogP contribution in [-0.4, -0.2) is 46.5 Å². The lowest BCUT2D eigenvalue weighted by atomic mass is 10.1. The Morgan fingerprint density at radius 2 is 2.16 bits per heavy atom. The largest absolute Gasteiger partial charge is 0.462 e. The van der Waals surface area contributed by atoms with Gasteiger partial charge in [0.25, 0.3) is 0 Å². The van der Waals surface area contributed by atoms with E-state index in [1.165, 1.54) is 28.0 Å². The molecule has 31 heavy (non-hydrogen) atoms. The molecule has 168 valence electrons. The molecule has 1 saturated heterocycles. The Hall–Kier alpha value is -1.84. The zero-order chi connectivity index (χ0) is 22.0. The van der Waals surface area contributed by atoms with Crippen LogP contribution in [0.5, 0.6) is 0 Å². The number of ether oxygens (including phenoxy) is 2. The van der Waals surface area contributed by atoms with E-state index in [1.54, 1.807) is 6.92 Å². The van der Waals surface area contributed by atoms with Crippen molar-refractivity contribution < 1.29 is 19.1 Å². The van der Waals surface area contributed by atoms with Crippen molar-refractivity contribution in [2.24, 2.45) is 0 Å². The number of carbonyl (C=O) groups is 2. The Bertz CT molecular complexity index is 976. The van der Waals surface area contributed by atoms with Gasteiger partial charge in [-0.25, -0.2) is 9.78 Å². The van der Waals surface area contributed by atoms with Crippen LogP contribution < -0.4 is 5.32 Å². The summed E-state index contributed by atoms with van der Waals surface area (Å²) in [6, 6.07) is 0. The standard InChI is InChI=1S/C22H29N3O4S2/c1-4-28-21(27)19-16-8-5-9-17(16)31-20(19)24-18(26)12-30-22-23-13(2)14(3)25(22)11-15-7-6-10-29-15/h15H,4-12H2,1-3H3,(H,24,26)/t15-/m1/s1. The lowest BCUT2D eigenvalue weighted by Gasteiger charge is -2.14. The first kappa shape index (κ1) is 22.4. The van der Waals surface area contributed by atoms with Crippen LogP contribution in [0.3, 0.4) is 0 Å². The molecule has 9 heteroatoms. The highest BCUT2D eigenvalue weighted by Crippen LogP contribution is 2.39.